The molecule has 2 N–H and O–H groups in total. The van der Waals surface area contributed by atoms with Gasteiger partial charge in [-0.1, -0.05) is 11.6 Å². The molecule has 20 heavy (non-hydrogen) atoms. The molecule has 0 atom stereocenters. The number of halogens is 1. The Morgan fingerprint density at radius 1 is 1.45 bits per heavy atom. The van der Waals surface area contributed by atoms with Crippen LogP contribution in [-0.4, -0.2) is 22.7 Å². The van der Waals surface area contributed by atoms with Crippen LogP contribution in [0.1, 0.15) is 28.7 Å². The molecule has 0 saturated carbocycles. The van der Waals surface area contributed by atoms with E-state index in [4.69, 9.17) is 16.3 Å². The first-order valence-corrected chi connectivity index (χ1v) is 6.66. The van der Waals surface area contributed by atoms with Gasteiger partial charge >= 0.3 is 0 Å². The van der Waals surface area contributed by atoms with Crippen LogP contribution in [0.15, 0.2) is 18.2 Å². The first kappa shape index (κ1) is 14.4. The minimum atomic E-state index is -0.239. The summed E-state index contributed by atoms with van der Waals surface area (Å²) < 4.78 is 5.47. The second-order valence-corrected chi connectivity index (χ2v) is 4.77. The molecule has 6 heteroatoms. The summed E-state index contributed by atoms with van der Waals surface area (Å²) in [5.74, 6) is 0.348. The summed E-state index contributed by atoms with van der Waals surface area (Å²) in [6.45, 7) is 5.97. The summed E-state index contributed by atoms with van der Waals surface area (Å²) >= 11 is 5.96. The van der Waals surface area contributed by atoms with Crippen molar-refractivity contribution in [3.63, 3.8) is 0 Å². The number of amides is 1. The molecule has 1 aromatic carbocycles. The van der Waals surface area contributed by atoms with E-state index in [1.54, 1.807) is 32.0 Å². The van der Waals surface area contributed by atoms with Gasteiger partial charge in [0.1, 0.15) is 5.75 Å². The lowest BCUT2D eigenvalue weighted by molar-refractivity contribution is 0.102. The highest BCUT2D eigenvalue weighted by molar-refractivity contribution is 6.31. The summed E-state index contributed by atoms with van der Waals surface area (Å²) in [6.07, 6.45) is 0. The quantitative estimate of drug-likeness (QED) is 0.908. The van der Waals surface area contributed by atoms with E-state index in [0.717, 1.165) is 5.69 Å². The van der Waals surface area contributed by atoms with Gasteiger partial charge in [-0.05, 0) is 39.0 Å². The van der Waals surface area contributed by atoms with E-state index in [2.05, 4.69) is 15.5 Å². The number of rotatable bonds is 4. The average Bonchev–Trinajstić information content (AvgIpc) is 2.72. The molecule has 106 valence electrons. The van der Waals surface area contributed by atoms with E-state index in [1.807, 2.05) is 6.92 Å². The standard InChI is InChI=1S/C14H16ClN3O2/c1-4-20-12-6-5-10(15)7-11(12)16-14(19)13-8(2)17-18-9(13)3/h5-7H,4H2,1-3H3,(H,16,19)(H,17,18). The monoisotopic (exact) mass is 293 g/mol. The van der Waals surface area contributed by atoms with Crippen molar-refractivity contribution in [2.45, 2.75) is 20.8 Å². The molecule has 0 bridgehead atoms. The lowest BCUT2D eigenvalue weighted by Crippen LogP contribution is -2.14. The summed E-state index contributed by atoms with van der Waals surface area (Å²) in [6, 6.07) is 5.11. The Morgan fingerprint density at radius 2 is 2.20 bits per heavy atom. The van der Waals surface area contributed by atoms with Crippen LogP contribution < -0.4 is 10.1 Å². The van der Waals surface area contributed by atoms with Crippen molar-refractivity contribution in [2.24, 2.45) is 0 Å². The Bertz CT molecular complexity index is 618. The highest BCUT2D eigenvalue weighted by Crippen LogP contribution is 2.28. The van der Waals surface area contributed by atoms with Gasteiger partial charge < -0.3 is 10.1 Å². The second-order valence-electron chi connectivity index (χ2n) is 4.34. The average molecular weight is 294 g/mol. The number of nitrogens with zero attached hydrogens (tertiary/aromatic N) is 1. The lowest BCUT2D eigenvalue weighted by atomic mass is 10.2. The predicted octanol–water partition coefficient (Wildman–Crippen LogP) is 3.33. The van der Waals surface area contributed by atoms with Gasteiger partial charge in [-0.15, -0.1) is 0 Å². The van der Waals surface area contributed by atoms with Gasteiger partial charge in [-0.2, -0.15) is 5.10 Å². The molecular weight excluding hydrogens is 278 g/mol. The molecule has 0 spiro atoms. The minimum absolute atomic E-state index is 0.239. The van der Waals surface area contributed by atoms with Gasteiger partial charge in [-0.25, -0.2) is 0 Å². The van der Waals surface area contributed by atoms with Crippen molar-refractivity contribution in [3.8, 4) is 5.75 Å². The molecule has 1 aromatic heterocycles. The molecule has 0 radical (unpaired) electrons. The lowest BCUT2D eigenvalue weighted by Gasteiger charge is -2.12. The van der Waals surface area contributed by atoms with Crippen LogP contribution in [0.2, 0.25) is 5.02 Å². The Hall–Kier alpha value is -2.01. The van der Waals surface area contributed by atoms with Crippen LogP contribution in [0.5, 0.6) is 5.75 Å². The summed E-state index contributed by atoms with van der Waals surface area (Å²) in [5, 5.41) is 10.1. The van der Waals surface area contributed by atoms with E-state index < -0.39 is 0 Å². The Balaban J connectivity index is 2.30. The van der Waals surface area contributed by atoms with E-state index in [-0.39, 0.29) is 5.91 Å². The first-order chi connectivity index (χ1) is 9.52. The molecular formula is C14H16ClN3O2. The van der Waals surface area contributed by atoms with Gasteiger partial charge in [0, 0.05) is 10.7 Å². The number of aryl methyl sites for hydroxylation is 2. The van der Waals surface area contributed by atoms with Crippen molar-refractivity contribution < 1.29 is 9.53 Å². The smallest absolute Gasteiger partial charge is 0.259 e. The van der Waals surface area contributed by atoms with Gasteiger partial charge in [0.05, 0.1) is 23.6 Å². The van der Waals surface area contributed by atoms with Crippen molar-refractivity contribution >= 4 is 23.2 Å². The zero-order valence-electron chi connectivity index (χ0n) is 11.6. The molecule has 0 aliphatic carbocycles. The number of aromatic nitrogens is 2. The molecule has 2 rings (SSSR count). The summed E-state index contributed by atoms with van der Waals surface area (Å²) in [7, 11) is 0. The largest absolute Gasteiger partial charge is 0.492 e. The van der Waals surface area contributed by atoms with Crippen molar-refractivity contribution in [2.75, 3.05) is 11.9 Å². The number of anilines is 1. The maximum atomic E-state index is 12.3. The van der Waals surface area contributed by atoms with Crippen LogP contribution >= 0.6 is 11.6 Å². The number of H-pyrrole nitrogens is 1. The number of hydrogen-bond donors (Lipinski definition) is 2. The number of nitrogens with one attached hydrogen (secondary N) is 2. The topological polar surface area (TPSA) is 67.0 Å². The fraction of sp³-hybridized carbons (Fsp3) is 0.286. The third kappa shape index (κ3) is 2.93. The molecule has 0 aliphatic rings. The molecule has 0 saturated heterocycles. The predicted molar refractivity (Wildman–Crippen MR) is 78.6 cm³/mol. The normalized spacial score (nSPS) is 10.4. The molecule has 1 heterocycles. The molecule has 0 aliphatic heterocycles. The minimum Gasteiger partial charge on any atom is -0.492 e. The molecule has 5 nitrogen and oxygen atoms in total. The van der Waals surface area contributed by atoms with Crippen LogP contribution in [0.25, 0.3) is 0 Å². The third-order valence-corrected chi connectivity index (χ3v) is 3.08. The second kappa shape index (κ2) is 5.96. The molecule has 2 aromatic rings. The number of carbonyl (C=O) groups excluding carboxylic acids is 1. The van der Waals surface area contributed by atoms with Gasteiger partial charge in [0.2, 0.25) is 0 Å². The maximum Gasteiger partial charge on any atom is 0.259 e. The maximum absolute atomic E-state index is 12.3. The molecule has 0 unspecified atom stereocenters. The highest BCUT2D eigenvalue weighted by atomic mass is 35.5. The van der Waals surface area contributed by atoms with Crippen LogP contribution in [0.4, 0.5) is 5.69 Å². The molecule has 0 fully saturated rings. The van der Waals surface area contributed by atoms with Crippen LogP contribution in [-0.2, 0) is 0 Å². The number of aromatic amines is 1. The van der Waals surface area contributed by atoms with E-state index in [1.165, 1.54) is 0 Å². The Kier molecular flexibility index (Phi) is 4.29. The van der Waals surface area contributed by atoms with Gasteiger partial charge in [0.25, 0.3) is 5.91 Å². The Morgan fingerprint density at radius 3 is 2.80 bits per heavy atom. The van der Waals surface area contributed by atoms with Gasteiger partial charge in [-0.3, -0.25) is 9.89 Å². The number of carbonyl (C=O) groups is 1. The number of hydrogen-bond acceptors (Lipinski definition) is 3. The van der Waals surface area contributed by atoms with E-state index in [0.29, 0.717) is 34.3 Å². The van der Waals surface area contributed by atoms with Crippen molar-refractivity contribution in [3.05, 3.63) is 40.2 Å². The Labute approximate surface area is 122 Å². The zero-order valence-corrected chi connectivity index (χ0v) is 12.3. The highest BCUT2D eigenvalue weighted by Gasteiger charge is 2.17. The van der Waals surface area contributed by atoms with Crippen LogP contribution in [0, 0.1) is 13.8 Å². The molecule has 1 amide bonds. The fourth-order valence-electron chi connectivity index (χ4n) is 1.95. The first-order valence-electron chi connectivity index (χ1n) is 6.28. The van der Waals surface area contributed by atoms with Crippen LogP contribution in [0.3, 0.4) is 0 Å². The summed E-state index contributed by atoms with van der Waals surface area (Å²) in [4.78, 5) is 12.3. The van der Waals surface area contributed by atoms with E-state index in [9.17, 15) is 4.79 Å². The summed E-state index contributed by atoms with van der Waals surface area (Å²) in [5.41, 5.74) is 2.46. The zero-order chi connectivity index (χ0) is 14.7. The fourth-order valence-corrected chi connectivity index (χ4v) is 2.12. The van der Waals surface area contributed by atoms with Gasteiger partial charge in [0.15, 0.2) is 0 Å². The van der Waals surface area contributed by atoms with Crippen molar-refractivity contribution in [1.82, 2.24) is 10.2 Å². The number of ether oxygens (including phenoxy) is 1. The van der Waals surface area contributed by atoms with E-state index >= 15 is 0 Å². The van der Waals surface area contributed by atoms with Crippen molar-refractivity contribution in [1.29, 1.82) is 0 Å². The SMILES string of the molecule is CCOc1ccc(Cl)cc1NC(=O)c1c(C)n[nH]c1C. The third-order valence-electron chi connectivity index (χ3n) is 2.84. The number of benzene rings is 1.